The summed E-state index contributed by atoms with van der Waals surface area (Å²) in [5, 5.41) is 9.02. The minimum Gasteiger partial charge on any atom is -0.329 e. The van der Waals surface area contributed by atoms with Crippen LogP contribution in [0, 0.1) is 11.3 Å². The van der Waals surface area contributed by atoms with Gasteiger partial charge in [-0.15, -0.1) is 0 Å². The van der Waals surface area contributed by atoms with E-state index in [-0.39, 0.29) is 30.9 Å². The number of rotatable bonds is 2. The molecule has 2 aliphatic rings. The summed E-state index contributed by atoms with van der Waals surface area (Å²) >= 11 is 0. The highest BCUT2D eigenvalue weighted by Gasteiger charge is 2.41. The number of pyridine rings is 1. The average Bonchev–Trinajstić information content (AvgIpc) is 2.95. The van der Waals surface area contributed by atoms with E-state index in [1.54, 1.807) is 23.2 Å². The Kier molecular flexibility index (Phi) is 3.11. The Labute approximate surface area is 116 Å². The minimum absolute atomic E-state index is 0.00509. The third-order valence-electron chi connectivity index (χ3n) is 3.85. The van der Waals surface area contributed by atoms with Crippen LogP contribution in [0.2, 0.25) is 0 Å². The van der Waals surface area contributed by atoms with Crippen LogP contribution < -0.4 is 0 Å². The summed E-state index contributed by atoms with van der Waals surface area (Å²) in [6.45, 7) is 1.04. The summed E-state index contributed by atoms with van der Waals surface area (Å²) in [6, 6.07) is 5.20. The van der Waals surface area contributed by atoms with E-state index in [9.17, 15) is 9.59 Å². The highest BCUT2D eigenvalue weighted by Crippen LogP contribution is 2.24. The van der Waals surface area contributed by atoms with Gasteiger partial charge in [0.1, 0.15) is 24.3 Å². The summed E-state index contributed by atoms with van der Waals surface area (Å²) < 4.78 is 0. The molecular weight excluding hydrogens is 256 g/mol. The number of carbonyl (C=O) groups is 2. The molecule has 3 rings (SSSR count). The molecule has 2 amide bonds. The van der Waals surface area contributed by atoms with Crippen molar-refractivity contribution in [3.8, 4) is 6.07 Å². The fraction of sp³-hybridized carbons (Fsp3) is 0.429. The molecule has 1 unspecified atom stereocenters. The molecule has 0 aliphatic carbocycles. The number of amides is 2. The molecule has 0 aromatic carbocycles. The third kappa shape index (κ3) is 2.01. The third-order valence-corrected chi connectivity index (χ3v) is 3.85. The first kappa shape index (κ1) is 12.6. The number of piperazine rings is 1. The molecule has 2 saturated heterocycles. The zero-order valence-electron chi connectivity index (χ0n) is 11.0. The molecule has 0 saturated carbocycles. The molecule has 3 heterocycles. The predicted octanol–water partition coefficient (Wildman–Crippen LogP) is 0.286. The van der Waals surface area contributed by atoms with Crippen molar-refractivity contribution >= 4 is 11.8 Å². The van der Waals surface area contributed by atoms with E-state index in [1.807, 2.05) is 6.07 Å². The summed E-state index contributed by atoms with van der Waals surface area (Å²) in [4.78, 5) is 31.6. The number of hydrogen-bond donors (Lipinski definition) is 0. The zero-order valence-corrected chi connectivity index (χ0v) is 11.0. The van der Waals surface area contributed by atoms with Gasteiger partial charge in [-0.25, -0.2) is 4.98 Å². The Balaban J connectivity index is 1.82. The first-order chi connectivity index (χ1) is 9.70. The van der Waals surface area contributed by atoms with Gasteiger partial charge in [-0.3, -0.25) is 9.59 Å². The van der Waals surface area contributed by atoms with Crippen LogP contribution in [0.4, 0.5) is 0 Å². The number of aromatic nitrogens is 1. The molecule has 1 atom stereocenters. The number of hydrogen-bond acceptors (Lipinski definition) is 4. The van der Waals surface area contributed by atoms with Gasteiger partial charge < -0.3 is 9.80 Å². The van der Waals surface area contributed by atoms with Gasteiger partial charge in [0.2, 0.25) is 11.8 Å². The molecule has 102 valence electrons. The number of fused-ring (bicyclic) bond motifs is 1. The molecule has 2 aliphatic heterocycles. The van der Waals surface area contributed by atoms with E-state index in [0.29, 0.717) is 17.8 Å². The topological polar surface area (TPSA) is 77.3 Å². The van der Waals surface area contributed by atoms with Crippen LogP contribution in [0.25, 0.3) is 0 Å². The first-order valence-corrected chi connectivity index (χ1v) is 6.63. The van der Waals surface area contributed by atoms with Crippen LogP contribution in [0.15, 0.2) is 18.3 Å². The molecule has 0 N–H and O–H groups in total. The molecule has 1 aromatic rings. The lowest BCUT2D eigenvalue weighted by Gasteiger charge is -2.36. The molecule has 0 spiro atoms. The van der Waals surface area contributed by atoms with E-state index in [4.69, 9.17) is 5.26 Å². The van der Waals surface area contributed by atoms with Crippen LogP contribution in [0.5, 0.6) is 0 Å². The van der Waals surface area contributed by atoms with Crippen molar-refractivity contribution in [2.45, 2.75) is 25.4 Å². The zero-order chi connectivity index (χ0) is 14.1. The Morgan fingerprint density at radius 1 is 1.45 bits per heavy atom. The van der Waals surface area contributed by atoms with Crippen molar-refractivity contribution in [2.24, 2.45) is 0 Å². The summed E-state index contributed by atoms with van der Waals surface area (Å²) in [5.41, 5.74) is 0.990. The van der Waals surface area contributed by atoms with E-state index in [2.05, 4.69) is 4.98 Å². The van der Waals surface area contributed by atoms with Crippen LogP contribution in [0.1, 0.15) is 24.1 Å². The molecule has 6 heteroatoms. The molecule has 0 bridgehead atoms. The van der Waals surface area contributed by atoms with Crippen LogP contribution >= 0.6 is 0 Å². The standard InChI is InChI=1S/C14H14N4O2/c15-7-11-10(3-1-5-16-11)8-17-9-13(19)18-6-2-4-12(18)14(17)20/h1,3,5,12H,2,4,6,8-9H2. The summed E-state index contributed by atoms with van der Waals surface area (Å²) in [6.07, 6.45) is 3.16. The van der Waals surface area contributed by atoms with Gasteiger partial charge in [-0.1, -0.05) is 6.07 Å². The van der Waals surface area contributed by atoms with Crippen LogP contribution in [-0.2, 0) is 16.1 Å². The van der Waals surface area contributed by atoms with E-state index in [0.717, 1.165) is 12.8 Å². The Morgan fingerprint density at radius 3 is 3.10 bits per heavy atom. The lowest BCUT2D eigenvalue weighted by atomic mass is 10.1. The van der Waals surface area contributed by atoms with E-state index < -0.39 is 0 Å². The van der Waals surface area contributed by atoms with Crippen LogP contribution in [0.3, 0.4) is 0 Å². The Morgan fingerprint density at radius 2 is 2.30 bits per heavy atom. The highest BCUT2D eigenvalue weighted by molar-refractivity contribution is 5.95. The van der Waals surface area contributed by atoms with Crippen LogP contribution in [-0.4, -0.2) is 45.7 Å². The first-order valence-electron chi connectivity index (χ1n) is 6.63. The molecule has 1 aromatic heterocycles. The van der Waals surface area contributed by atoms with Gasteiger partial charge >= 0.3 is 0 Å². The lowest BCUT2D eigenvalue weighted by molar-refractivity contribution is -0.154. The normalized spacial score (nSPS) is 21.9. The largest absolute Gasteiger partial charge is 0.329 e. The maximum Gasteiger partial charge on any atom is 0.246 e. The smallest absolute Gasteiger partial charge is 0.246 e. The second-order valence-corrected chi connectivity index (χ2v) is 5.06. The summed E-state index contributed by atoms with van der Waals surface area (Å²) in [7, 11) is 0. The molecular formula is C14H14N4O2. The lowest BCUT2D eigenvalue weighted by Crippen LogP contribution is -2.56. The van der Waals surface area contributed by atoms with Crippen molar-refractivity contribution in [3.05, 3.63) is 29.6 Å². The second kappa shape index (κ2) is 4.93. The highest BCUT2D eigenvalue weighted by atomic mass is 16.2. The van der Waals surface area contributed by atoms with Gasteiger partial charge in [0.25, 0.3) is 0 Å². The van der Waals surface area contributed by atoms with Gasteiger partial charge in [0, 0.05) is 24.8 Å². The molecule has 0 radical (unpaired) electrons. The fourth-order valence-corrected chi connectivity index (χ4v) is 2.87. The van der Waals surface area contributed by atoms with Crippen molar-refractivity contribution < 1.29 is 9.59 Å². The fourth-order valence-electron chi connectivity index (χ4n) is 2.87. The molecule has 2 fully saturated rings. The average molecular weight is 270 g/mol. The Hall–Kier alpha value is -2.42. The quantitative estimate of drug-likeness (QED) is 0.773. The van der Waals surface area contributed by atoms with E-state index >= 15 is 0 Å². The van der Waals surface area contributed by atoms with Gasteiger partial charge in [-0.2, -0.15) is 5.26 Å². The maximum atomic E-state index is 12.4. The molecule has 20 heavy (non-hydrogen) atoms. The SMILES string of the molecule is N#Cc1ncccc1CN1CC(=O)N2CCCC2C1=O. The van der Waals surface area contributed by atoms with Crippen molar-refractivity contribution in [3.63, 3.8) is 0 Å². The Bertz CT molecular complexity index is 607. The minimum atomic E-state index is -0.307. The summed E-state index contributed by atoms with van der Waals surface area (Å²) in [5.74, 6) is -0.0238. The number of carbonyl (C=O) groups excluding carboxylic acids is 2. The van der Waals surface area contributed by atoms with Crippen molar-refractivity contribution in [2.75, 3.05) is 13.1 Å². The van der Waals surface area contributed by atoms with Crippen molar-refractivity contribution in [1.82, 2.24) is 14.8 Å². The maximum absolute atomic E-state index is 12.4. The molecule has 6 nitrogen and oxygen atoms in total. The monoisotopic (exact) mass is 270 g/mol. The van der Waals surface area contributed by atoms with E-state index in [1.165, 1.54) is 4.90 Å². The number of nitriles is 1. The van der Waals surface area contributed by atoms with Crippen molar-refractivity contribution in [1.29, 1.82) is 5.26 Å². The van der Waals surface area contributed by atoms with Gasteiger partial charge in [-0.05, 0) is 18.9 Å². The van der Waals surface area contributed by atoms with Gasteiger partial charge in [0.15, 0.2) is 0 Å². The van der Waals surface area contributed by atoms with Gasteiger partial charge in [0.05, 0.1) is 0 Å². The second-order valence-electron chi connectivity index (χ2n) is 5.06. The number of nitrogens with zero attached hydrogens (tertiary/aromatic N) is 4. The predicted molar refractivity (Wildman–Crippen MR) is 69.1 cm³/mol.